The van der Waals surface area contributed by atoms with Crippen molar-refractivity contribution in [3.05, 3.63) is 46.9 Å². The summed E-state index contributed by atoms with van der Waals surface area (Å²) >= 11 is 1.22. The first kappa shape index (κ1) is 20.2. The van der Waals surface area contributed by atoms with Crippen molar-refractivity contribution in [2.24, 2.45) is 5.92 Å². The number of benzene rings is 1. The molecule has 1 aliphatic rings. The van der Waals surface area contributed by atoms with Crippen LogP contribution >= 0.6 is 11.8 Å². The predicted molar refractivity (Wildman–Crippen MR) is 115 cm³/mol. The van der Waals surface area contributed by atoms with Gasteiger partial charge in [0, 0.05) is 24.5 Å². The molecular formula is C21H22N4O4S. The van der Waals surface area contributed by atoms with Crippen molar-refractivity contribution in [1.82, 2.24) is 14.5 Å². The molecule has 3 aromatic rings. The normalized spacial score (nSPS) is 12.9. The molecule has 30 heavy (non-hydrogen) atoms. The zero-order valence-corrected chi connectivity index (χ0v) is 17.6. The van der Waals surface area contributed by atoms with E-state index in [9.17, 15) is 9.59 Å². The third-order valence-electron chi connectivity index (χ3n) is 4.40. The average molecular weight is 426 g/mol. The molecule has 0 atom stereocenters. The van der Waals surface area contributed by atoms with Crippen LogP contribution in [0.25, 0.3) is 11.0 Å². The Morgan fingerprint density at radius 1 is 1.23 bits per heavy atom. The zero-order valence-electron chi connectivity index (χ0n) is 16.8. The van der Waals surface area contributed by atoms with Gasteiger partial charge in [-0.05, 0) is 30.2 Å². The number of hydrogen-bond acceptors (Lipinski definition) is 7. The zero-order chi connectivity index (χ0) is 21.1. The van der Waals surface area contributed by atoms with Gasteiger partial charge in [-0.3, -0.25) is 14.2 Å². The van der Waals surface area contributed by atoms with Gasteiger partial charge in [-0.2, -0.15) is 0 Å². The molecule has 0 spiro atoms. The van der Waals surface area contributed by atoms with Gasteiger partial charge in [0.1, 0.15) is 13.2 Å². The van der Waals surface area contributed by atoms with Crippen LogP contribution in [0, 0.1) is 5.92 Å². The molecule has 9 heteroatoms. The molecule has 0 aliphatic carbocycles. The van der Waals surface area contributed by atoms with E-state index in [1.165, 1.54) is 11.8 Å². The summed E-state index contributed by atoms with van der Waals surface area (Å²) in [4.78, 5) is 34.1. The molecule has 1 amide bonds. The highest BCUT2D eigenvalue weighted by molar-refractivity contribution is 7.99. The first-order valence-electron chi connectivity index (χ1n) is 9.69. The summed E-state index contributed by atoms with van der Waals surface area (Å²) in [5.74, 6) is 1.43. The first-order chi connectivity index (χ1) is 14.5. The van der Waals surface area contributed by atoms with E-state index in [-0.39, 0.29) is 23.1 Å². The highest BCUT2D eigenvalue weighted by atomic mass is 32.2. The minimum atomic E-state index is -0.205. The Kier molecular flexibility index (Phi) is 5.89. The molecule has 0 bridgehead atoms. The summed E-state index contributed by atoms with van der Waals surface area (Å²) in [5.41, 5.74) is 0.867. The maximum Gasteiger partial charge on any atom is 0.263 e. The average Bonchev–Trinajstić information content (AvgIpc) is 2.74. The van der Waals surface area contributed by atoms with Gasteiger partial charge in [-0.1, -0.05) is 25.6 Å². The minimum absolute atomic E-state index is 0.108. The molecule has 0 saturated carbocycles. The van der Waals surface area contributed by atoms with Gasteiger partial charge in [0.15, 0.2) is 22.3 Å². The van der Waals surface area contributed by atoms with Crippen LogP contribution in [0.4, 0.5) is 5.69 Å². The first-order valence-corrected chi connectivity index (χ1v) is 10.7. The fraction of sp³-hybridized carbons (Fsp3) is 0.333. The van der Waals surface area contributed by atoms with Crippen LogP contribution in [0.1, 0.15) is 13.8 Å². The number of aromatic nitrogens is 3. The van der Waals surface area contributed by atoms with Crippen molar-refractivity contribution in [3.63, 3.8) is 0 Å². The van der Waals surface area contributed by atoms with E-state index in [1.54, 1.807) is 41.1 Å². The highest BCUT2D eigenvalue weighted by Crippen LogP contribution is 2.32. The Morgan fingerprint density at radius 2 is 2.03 bits per heavy atom. The molecule has 0 radical (unpaired) electrons. The number of hydrogen-bond donors (Lipinski definition) is 1. The second-order valence-corrected chi connectivity index (χ2v) is 8.22. The van der Waals surface area contributed by atoms with Crippen LogP contribution in [-0.2, 0) is 11.3 Å². The quantitative estimate of drug-likeness (QED) is 0.478. The van der Waals surface area contributed by atoms with Crippen LogP contribution < -0.4 is 20.3 Å². The van der Waals surface area contributed by atoms with E-state index in [0.717, 1.165) is 0 Å². The van der Waals surface area contributed by atoms with Crippen molar-refractivity contribution in [2.45, 2.75) is 25.5 Å². The number of thioether (sulfide) groups is 1. The third kappa shape index (κ3) is 4.40. The number of fused-ring (bicyclic) bond motifs is 2. The lowest BCUT2D eigenvalue weighted by Crippen LogP contribution is -2.26. The van der Waals surface area contributed by atoms with Crippen LogP contribution in [0.2, 0.25) is 0 Å². The van der Waals surface area contributed by atoms with E-state index in [2.05, 4.69) is 15.3 Å². The number of anilines is 1. The molecule has 0 unspecified atom stereocenters. The topological polar surface area (TPSA) is 95.3 Å². The molecule has 0 fully saturated rings. The van der Waals surface area contributed by atoms with Gasteiger partial charge in [-0.25, -0.2) is 9.97 Å². The molecule has 0 saturated heterocycles. The smallest absolute Gasteiger partial charge is 0.263 e. The highest BCUT2D eigenvalue weighted by Gasteiger charge is 2.16. The van der Waals surface area contributed by atoms with E-state index >= 15 is 0 Å². The Balaban J connectivity index is 1.51. The summed E-state index contributed by atoms with van der Waals surface area (Å²) in [6.45, 7) is 5.57. The maximum absolute atomic E-state index is 12.9. The summed E-state index contributed by atoms with van der Waals surface area (Å²) in [6, 6.07) is 8.72. The molecule has 1 aromatic carbocycles. The molecule has 2 aromatic heterocycles. The number of rotatable bonds is 6. The van der Waals surface area contributed by atoms with Crippen LogP contribution in [0.15, 0.2) is 46.5 Å². The summed E-state index contributed by atoms with van der Waals surface area (Å²) in [6.07, 6.45) is 1.60. The maximum atomic E-state index is 12.9. The van der Waals surface area contributed by atoms with Crippen molar-refractivity contribution in [2.75, 3.05) is 24.3 Å². The molecular weight excluding hydrogens is 404 g/mol. The second-order valence-electron chi connectivity index (χ2n) is 7.27. The van der Waals surface area contributed by atoms with E-state index in [4.69, 9.17) is 9.47 Å². The van der Waals surface area contributed by atoms with Gasteiger partial charge >= 0.3 is 0 Å². The van der Waals surface area contributed by atoms with E-state index < -0.39 is 0 Å². The Labute approximate surface area is 177 Å². The SMILES string of the molecule is CC(C)Cn1c(SCC(=O)Nc2ccc3c(c2)OCCO3)nc2ncccc2c1=O. The van der Waals surface area contributed by atoms with Crippen molar-refractivity contribution < 1.29 is 14.3 Å². The Bertz CT molecular complexity index is 1150. The number of amides is 1. The third-order valence-corrected chi connectivity index (χ3v) is 5.38. The molecule has 8 nitrogen and oxygen atoms in total. The van der Waals surface area contributed by atoms with Crippen molar-refractivity contribution >= 4 is 34.4 Å². The molecule has 1 aliphatic heterocycles. The van der Waals surface area contributed by atoms with Gasteiger partial charge in [0.05, 0.1) is 11.1 Å². The van der Waals surface area contributed by atoms with Crippen LogP contribution in [0.3, 0.4) is 0 Å². The fourth-order valence-electron chi connectivity index (χ4n) is 3.12. The fourth-order valence-corrected chi connectivity index (χ4v) is 3.92. The molecule has 156 valence electrons. The van der Waals surface area contributed by atoms with E-state index in [1.807, 2.05) is 13.8 Å². The van der Waals surface area contributed by atoms with Gasteiger partial charge in [0.2, 0.25) is 5.91 Å². The monoisotopic (exact) mass is 426 g/mol. The summed E-state index contributed by atoms with van der Waals surface area (Å²) in [5, 5.41) is 3.81. The summed E-state index contributed by atoms with van der Waals surface area (Å²) in [7, 11) is 0. The lowest BCUT2D eigenvalue weighted by molar-refractivity contribution is -0.113. The van der Waals surface area contributed by atoms with Crippen LogP contribution in [0.5, 0.6) is 11.5 Å². The number of pyridine rings is 1. The van der Waals surface area contributed by atoms with Crippen LogP contribution in [-0.4, -0.2) is 39.4 Å². The van der Waals surface area contributed by atoms with Gasteiger partial charge in [-0.15, -0.1) is 0 Å². The van der Waals surface area contributed by atoms with E-state index in [0.29, 0.717) is 53.1 Å². The number of nitrogens with zero attached hydrogens (tertiary/aromatic N) is 3. The lowest BCUT2D eigenvalue weighted by Gasteiger charge is -2.19. The second kappa shape index (κ2) is 8.74. The molecule has 3 heterocycles. The Hall–Kier alpha value is -3.07. The number of carbonyl (C=O) groups is 1. The molecule has 1 N–H and O–H groups in total. The largest absolute Gasteiger partial charge is 0.486 e. The summed E-state index contributed by atoms with van der Waals surface area (Å²) < 4.78 is 12.7. The van der Waals surface area contributed by atoms with Gasteiger partial charge < -0.3 is 14.8 Å². The minimum Gasteiger partial charge on any atom is -0.486 e. The number of carbonyl (C=O) groups excluding carboxylic acids is 1. The predicted octanol–water partition coefficient (Wildman–Crippen LogP) is 2.95. The van der Waals surface area contributed by atoms with Crippen molar-refractivity contribution in [1.29, 1.82) is 0 Å². The standard InChI is InChI=1S/C21H22N4O4S/c1-13(2)11-25-20(27)15-4-3-7-22-19(15)24-21(25)30-12-18(26)23-14-5-6-16-17(10-14)29-9-8-28-16/h3-7,10,13H,8-9,11-12H2,1-2H3,(H,23,26). The van der Waals surface area contributed by atoms with Gasteiger partial charge in [0.25, 0.3) is 5.56 Å². The molecule has 4 rings (SSSR count). The van der Waals surface area contributed by atoms with Crippen molar-refractivity contribution in [3.8, 4) is 11.5 Å². The number of ether oxygens (including phenoxy) is 2. The Morgan fingerprint density at radius 3 is 2.83 bits per heavy atom. The lowest BCUT2D eigenvalue weighted by atomic mass is 10.2. The number of nitrogens with one attached hydrogen (secondary N) is 1.